The number of sulfonamides is 1. The first kappa shape index (κ1) is 17.9. The van der Waals surface area contributed by atoms with Gasteiger partial charge in [0.1, 0.15) is 0 Å². The molecule has 0 radical (unpaired) electrons. The molecule has 2 aliphatic rings. The van der Waals surface area contributed by atoms with E-state index in [1.165, 1.54) is 24.8 Å². The van der Waals surface area contributed by atoms with Gasteiger partial charge in [-0.25, -0.2) is 12.7 Å². The highest BCUT2D eigenvalue weighted by Gasteiger charge is 2.44. The highest BCUT2D eigenvalue weighted by molar-refractivity contribution is 7.89. The van der Waals surface area contributed by atoms with E-state index >= 15 is 0 Å². The molecule has 5 heteroatoms. The van der Waals surface area contributed by atoms with Gasteiger partial charge in [0.2, 0.25) is 10.0 Å². The molecule has 24 heavy (non-hydrogen) atoms. The maximum atomic E-state index is 12.2. The van der Waals surface area contributed by atoms with E-state index < -0.39 is 10.0 Å². The zero-order valence-corrected chi connectivity index (χ0v) is 15.6. The first-order chi connectivity index (χ1) is 11.5. The number of nitrogens with zero attached hydrogens (tertiary/aromatic N) is 2. The van der Waals surface area contributed by atoms with Crippen LogP contribution in [0.1, 0.15) is 38.2 Å². The lowest BCUT2D eigenvalue weighted by molar-refractivity contribution is 0.0983. The number of rotatable bonds is 6. The van der Waals surface area contributed by atoms with Crippen LogP contribution in [0, 0.1) is 5.41 Å². The Labute approximate surface area is 146 Å². The minimum Gasteiger partial charge on any atom is -0.303 e. The third-order valence-corrected chi connectivity index (χ3v) is 7.51. The molecule has 0 aromatic heterocycles. The quantitative estimate of drug-likeness (QED) is 0.792. The normalized spacial score (nSPS) is 26.2. The van der Waals surface area contributed by atoms with Crippen molar-refractivity contribution in [2.75, 3.05) is 38.5 Å². The largest absolute Gasteiger partial charge is 0.303 e. The molecule has 0 aliphatic carbocycles. The van der Waals surface area contributed by atoms with Crippen molar-refractivity contribution >= 4 is 10.0 Å². The van der Waals surface area contributed by atoms with Crippen LogP contribution >= 0.6 is 0 Å². The number of likely N-dealkylation sites (tertiary alicyclic amines) is 1. The van der Waals surface area contributed by atoms with Gasteiger partial charge in [0, 0.05) is 19.6 Å². The van der Waals surface area contributed by atoms with Crippen LogP contribution in [-0.4, -0.2) is 56.1 Å². The fourth-order valence-electron chi connectivity index (χ4n) is 4.30. The second kappa shape index (κ2) is 7.54. The standard InChI is InChI=1S/C19H30N2O2S/c1-2-24(22,23)21-15-12-19(17-21)11-7-14-20(16-19)13-6-10-18-8-4-3-5-9-18/h3-5,8-9H,2,6-7,10-17H2,1H3. The highest BCUT2D eigenvalue weighted by Crippen LogP contribution is 2.40. The van der Waals surface area contributed by atoms with Gasteiger partial charge in [0.25, 0.3) is 0 Å². The zero-order valence-electron chi connectivity index (χ0n) is 14.8. The van der Waals surface area contributed by atoms with Crippen LogP contribution < -0.4 is 0 Å². The summed E-state index contributed by atoms with van der Waals surface area (Å²) in [6.07, 6.45) is 5.71. The van der Waals surface area contributed by atoms with E-state index in [9.17, 15) is 8.42 Å². The van der Waals surface area contributed by atoms with Gasteiger partial charge >= 0.3 is 0 Å². The van der Waals surface area contributed by atoms with Crippen LogP contribution in [0.5, 0.6) is 0 Å². The van der Waals surface area contributed by atoms with Gasteiger partial charge in [-0.2, -0.15) is 0 Å². The average molecular weight is 351 g/mol. The smallest absolute Gasteiger partial charge is 0.213 e. The molecule has 0 saturated carbocycles. The molecule has 134 valence electrons. The van der Waals surface area contributed by atoms with Crippen LogP contribution in [0.25, 0.3) is 0 Å². The minimum atomic E-state index is -3.03. The summed E-state index contributed by atoms with van der Waals surface area (Å²) in [4.78, 5) is 2.56. The van der Waals surface area contributed by atoms with Crippen molar-refractivity contribution in [1.29, 1.82) is 0 Å². The van der Waals surface area contributed by atoms with Crippen molar-refractivity contribution in [2.24, 2.45) is 5.41 Å². The van der Waals surface area contributed by atoms with Crippen molar-refractivity contribution in [1.82, 2.24) is 9.21 Å². The number of hydrogen-bond donors (Lipinski definition) is 0. The van der Waals surface area contributed by atoms with Crippen molar-refractivity contribution in [3.05, 3.63) is 35.9 Å². The summed E-state index contributed by atoms with van der Waals surface area (Å²) in [6, 6.07) is 10.7. The summed E-state index contributed by atoms with van der Waals surface area (Å²) < 4.78 is 26.0. The summed E-state index contributed by atoms with van der Waals surface area (Å²) >= 11 is 0. The molecule has 0 N–H and O–H groups in total. The Morgan fingerprint density at radius 2 is 1.88 bits per heavy atom. The first-order valence-electron chi connectivity index (χ1n) is 9.27. The highest BCUT2D eigenvalue weighted by atomic mass is 32.2. The van der Waals surface area contributed by atoms with E-state index in [-0.39, 0.29) is 11.2 Å². The molecule has 0 bridgehead atoms. The summed E-state index contributed by atoms with van der Waals surface area (Å²) in [5.74, 6) is 0.226. The van der Waals surface area contributed by atoms with E-state index in [0.29, 0.717) is 6.54 Å². The van der Waals surface area contributed by atoms with Crippen molar-refractivity contribution in [2.45, 2.75) is 39.0 Å². The Kier molecular flexibility index (Phi) is 5.63. The lowest BCUT2D eigenvalue weighted by atomic mass is 9.79. The second-order valence-electron chi connectivity index (χ2n) is 7.45. The van der Waals surface area contributed by atoms with Crippen molar-refractivity contribution < 1.29 is 8.42 Å². The Morgan fingerprint density at radius 1 is 1.08 bits per heavy atom. The molecule has 2 aliphatic heterocycles. The van der Waals surface area contributed by atoms with E-state index in [0.717, 1.165) is 39.0 Å². The zero-order chi connectivity index (χ0) is 17.0. The molecule has 2 heterocycles. The molecule has 1 aromatic rings. The van der Waals surface area contributed by atoms with Gasteiger partial charge in [-0.3, -0.25) is 0 Å². The van der Waals surface area contributed by atoms with Crippen LogP contribution in [-0.2, 0) is 16.4 Å². The van der Waals surface area contributed by atoms with E-state index in [1.54, 1.807) is 11.2 Å². The van der Waals surface area contributed by atoms with Gasteiger partial charge in [0.15, 0.2) is 0 Å². The third-order valence-electron chi connectivity index (χ3n) is 5.68. The molecular weight excluding hydrogens is 320 g/mol. The van der Waals surface area contributed by atoms with Crippen LogP contribution in [0.4, 0.5) is 0 Å². The maximum Gasteiger partial charge on any atom is 0.213 e. The fourth-order valence-corrected chi connectivity index (χ4v) is 5.50. The lowest BCUT2D eigenvalue weighted by Crippen LogP contribution is -2.45. The second-order valence-corrected chi connectivity index (χ2v) is 9.71. The Balaban J connectivity index is 1.51. The van der Waals surface area contributed by atoms with E-state index in [2.05, 4.69) is 35.2 Å². The van der Waals surface area contributed by atoms with E-state index in [4.69, 9.17) is 0 Å². The third kappa shape index (κ3) is 4.19. The summed E-state index contributed by atoms with van der Waals surface area (Å²) in [5.41, 5.74) is 1.61. The van der Waals surface area contributed by atoms with Gasteiger partial charge in [-0.05, 0) is 63.1 Å². The molecule has 2 fully saturated rings. The number of hydrogen-bond acceptors (Lipinski definition) is 3. The Hall–Kier alpha value is -0.910. The summed E-state index contributed by atoms with van der Waals surface area (Å²) in [7, 11) is -3.03. The number of piperidine rings is 1. The fraction of sp³-hybridized carbons (Fsp3) is 0.684. The minimum absolute atomic E-state index is 0.202. The summed E-state index contributed by atoms with van der Waals surface area (Å²) in [6.45, 7) is 6.55. The lowest BCUT2D eigenvalue weighted by Gasteiger charge is -2.40. The SMILES string of the molecule is CCS(=O)(=O)N1CCC2(CCCN(CCCc3ccccc3)C2)C1. The van der Waals surface area contributed by atoms with Gasteiger partial charge in [-0.1, -0.05) is 30.3 Å². The van der Waals surface area contributed by atoms with Gasteiger partial charge < -0.3 is 4.90 Å². The van der Waals surface area contributed by atoms with Crippen molar-refractivity contribution in [3.8, 4) is 0 Å². The molecule has 2 saturated heterocycles. The maximum absolute atomic E-state index is 12.2. The van der Waals surface area contributed by atoms with Crippen LogP contribution in [0.3, 0.4) is 0 Å². The Bertz CT molecular complexity index is 632. The predicted molar refractivity (Wildman–Crippen MR) is 98.5 cm³/mol. The van der Waals surface area contributed by atoms with Crippen LogP contribution in [0.2, 0.25) is 0 Å². The molecule has 1 spiro atoms. The number of benzene rings is 1. The first-order valence-corrected chi connectivity index (χ1v) is 10.9. The molecule has 0 amide bonds. The molecule has 3 rings (SSSR count). The van der Waals surface area contributed by atoms with Gasteiger partial charge in [0.05, 0.1) is 5.75 Å². The Morgan fingerprint density at radius 3 is 2.62 bits per heavy atom. The molecule has 1 aromatic carbocycles. The summed E-state index contributed by atoms with van der Waals surface area (Å²) in [5, 5.41) is 0. The molecule has 1 unspecified atom stereocenters. The van der Waals surface area contributed by atoms with Gasteiger partial charge in [-0.15, -0.1) is 0 Å². The monoisotopic (exact) mass is 350 g/mol. The molecular formula is C19H30N2O2S. The predicted octanol–water partition coefficient (Wildman–Crippen LogP) is 2.76. The van der Waals surface area contributed by atoms with E-state index in [1.807, 2.05) is 0 Å². The number of aryl methyl sites for hydroxylation is 1. The van der Waals surface area contributed by atoms with Crippen molar-refractivity contribution in [3.63, 3.8) is 0 Å². The molecule has 1 atom stereocenters. The molecule has 4 nitrogen and oxygen atoms in total. The average Bonchev–Trinajstić information content (AvgIpc) is 3.00. The van der Waals surface area contributed by atoms with Crippen LogP contribution in [0.15, 0.2) is 30.3 Å². The topological polar surface area (TPSA) is 40.6 Å².